The molecule has 9 heteroatoms. The maximum Gasteiger partial charge on any atom is 0.303 e. The van der Waals surface area contributed by atoms with Crippen LogP contribution in [0, 0.1) is 0 Å². The van der Waals surface area contributed by atoms with Gasteiger partial charge in [-0.3, -0.25) is 9.59 Å². The predicted octanol–water partition coefficient (Wildman–Crippen LogP) is 3.40. The van der Waals surface area contributed by atoms with Crippen LogP contribution in [-0.2, 0) is 28.5 Å². The summed E-state index contributed by atoms with van der Waals surface area (Å²) < 4.78 is 22.3. The summed E-state index contributed by atoms with van der Waals surface area (Å²) >= 11 is 0. The van der Waals surface area contributed by atoms with Gasteiger partial charge < -0.3 is 34.5 Å². The van der Waals surface area contributed by atoms with Gasteiger partial charge >= 0.3 is 11.9 Å². The average Bonchev–Trinajstić information content (AvgIpc) is 2.71. The molecular formula is C22H43NO8. The van der Waals surface area contributed by atoms with Crippen LogP contribution in [0.5, 0.6) is 0 Å². The van der Waals surface area contributed by atoms with Gasteiger partial charge in [-0.15, -0.1) is 0 Å². The normalized spacial score (nSPS) is 13.2. The molecule has 0 aliphatic rings. The second-order valence-electron chi connectivity index (χ2n) is 7.53. The highest BCUT2D eigenvalue weighted by molar-refractivity contribution is 5.66. The molecule has 0 amide bonds. The van der Waals surface area contributed by atoms with Gasteiger partial charge in [-0.05, 0) is 38.5 Å². The van der Waals surface area contributed by atoms with Gasteiger partial charge in [0, 0.05) is 25.9 Å². The lowest BCUT2D eigenvalue weighted by Crippen LogP contribution is -2.26. The largest absolute Gasteiger partial charge is 0.481 e. The van der Waals surface area contributed by atoms with E-state index in [-0.39, 0.29) is 38.6 Å². The molecule has 0 aromatic rings. The molecule has 0 rings (SSSR count). The van der Waals surface area contributed by atoms with Crippen LogP contribution in [-0.4, -0.2) is 74.2 Å². The predicted molar refractivity (Wildman–Crippen MR) is 117 cm³/mol. The highest BCUT2D eigenvalue weighted by Gasteiger charge is 2.10. The summed E-state index contributed by atoms with van der Waals surface area (Å²) in [6.07, 6.45) is 6.93. The van der Waals surface area contributed by atoms with Crippen molar-refractivity contribution >= 4 is 11.9 Å². The molecule has 0 radical (unpaired) electrons. The lowest BCUT2D eigenvalue weighted by atomic mass is 10.1. The highest BCUT2D eigenvalue weighted by Crippen LogP contribution is 2.12. The first-order valence-corrected chi connectivity index (χ1v) is 11.5. The topological polar surface area (TPSA) is 124 Å². The Morgan fingerprint density at radius 2 is 1.16 bits per heavy atom. The van der Waals surface area contributed by atoms with E-state index in [0.717, 1.165) is 38.5 Å². The zero-order chi connectivity index (χ0) is 23.2. The van der Waals surface area contributed by atoms with Gasteiger partial charge in [-0.1, -0.05) is 26.7 Å². The Morgan fingerprint density at radius 3 is 1.52 bits per heavy atom. The van der Waals surface area contributed by atoms with Crippen molar-refractivity contribution in [3.05, 3.63) is 0 Å². The minimum atomic E-state index is -0.773. The molecule has 0 aromatic carbocycles. The zero-order valence-electron chi connectivity index (χ0n) is 19.3. The number of aliphatic carboxylic acids is 2. The third-order valence-electron chi connectivity index (χ3n) is 4.68. The molecule has 0 fully saturated rings. The van der Waals surface area contributed by atoms with Crippen LogP contribution in [0.2, 0.25) is 0 Å². The number of hydrogen-bond donors (Lipinski definition) is 3. The number of nitrogens with one attached hydrogen (secondary N) is 1. The Morgan fingerprint density at radius 1 is 0.742 bits per heavy atom. The molecule has 0 aromatic heterocycles. The zero-order valence-corrected chi connectivity index (χ0v) is 19.3. The SMILES string of the molecule is CCCC(CCCC(=O)O)OCOCCNCCOCOC(CCC)CCCC(=O)O. The number of carboxylic acids is 2. The molecule has 0 bridgehead atoms. The van der Waals surface area contributed by atoms with Crippen LogP contribution >= 0.6 is 0 Å². The summed E-state index contributed by atoms with van der Waals surface area (Å²) in [5.41, 5.74) is 0. The smallest absolute Gasteiger partial charge is 0.303 e. The Balaban J connectivity index is 3.58. The highest BCUT2D eigenvalue weighted by atomic mass is 16.7. The van der Waals surface area contributed by atoms with Gasteiger partial charge in [0.15, 0.2) is 0 Å². The fourth-order valence-corrected chi connectivity index (χ4v) is 3.05. The van der Waals surface area contributed by atoms with Crippen molar-refractivity contribution in [1.82, 2.24) is 5.32 Å². The maximum atomic E-state index is 10.6. The van der Waals surface area contributed by atoms with E-state index in [2.05, 4.69) is 19.2 Å². The summed E-state index contributed by atoms with van der Waals surface area (Å²) in [6, 6.07) is 0. The van der Waals surface area contributed by atoms with Crippen molar-refractivity contribution in [2.24, 2.45) is 0 Å². The second kappa shape index (κ2) is 22.0. The van der Waals surface area contributed by atoms with Gasteiger partial charge in [0.05, 0.1) is 25.4 Å². The third-order valence-corrected chi connectivity index (χ3v) is 4.68. The molecular weight excluding hydrogens is 406 g/mol. The van der Waals surface area contributed by atoms with Gasteiger partial charge in [-0.2, -0.15) is 0 Å². The number of rotatable bonds is 24. The Bertz CT molecular complexity index is 398. The Labute approximate surface area is 186 Å². The van der Waals surface area contributed by atoms with E-state index in [1.807, 2.05) is 0 Å². The Kier molecular flexibility index (Phi) is 21.1. The summed E-state index contributed by atoms with van der Waals surface area (Å²) in [4.78, 5) is 21.2. The molecule has 2 unspecified atom stereocenters. The van der Waals surface area contributed by atoms with E-state index in [0.29, 0.717) is 39.1 Å². The van der Waals surface area contributed by atoms with E-state index < -0.39 is 11.9 Å². The number of carbonyl (C=O) groups is 2. The van der Waals surface area contributed by atoms with E-state index in [4.69, 9.17) is 29.2 Å². The molecule has 9 nitrogen and oxygen atoms in total. The van der Waals surface area contributed by atoms with Crippen LogP contribution in [0.1, 0.15) is 78.1 Å². The van der Waals surface area contributed by atoms with Gasteiger partial charge in [0.1, 0.15) is 13.6 Å². The van der Waals surface area contributed by atoms with Gasteiger partial charge in [0.2, 0.25) is 0 Å². The lowest BCUT2D eigenvalue weighted by Gasteiger charge is -2.17. The molecule has 184 valence electrons. The molecule has 0 saturated carbocycles. The molecule has 0 aliphatic heterocycles. The van der Waals surface area contributed by atoms with Crippen LogP contribution in [0.25, 0.3) is 0 Å². The van der Waals surface area contributed by atoms with E-state index >= 15 is 0 Å². The standard InChI is InChI=1S/C22H43NO8/c1-3-7-19(9-5-11-21(24)25)30-17-28-15-13-23-14-16-29-18-31-20(8-4-2)10-6-12-22(26)27/h19-20,23H,3-18H2,1-2H3,(H,24,25)(H,26,27). The number of hydrogen-bond acceptors (Lipinski definition) is 7. The molecule has 0 saturated heterocycles. The van der Waals surface area contributed by atoms with Gasteiger partial charge in [-0.25, -0.2) is 0 Å². The van der Waals surface area contributed by atoms with Crippen molar-refractivity contribution in [3.63, 3.8) is 0 Å². The average molecular weight is 450 g/mol. The number of carboxylic acid groups (broad SMARTS) is 2. The summed E-state index contributed by atoms with van der Waals surface area (Å²) in [5, 5.41) is 20.6. The van der Waals surface area contributed by atoms with E-state index in [1.165, 1.54) is 0 Å². The fourth-order valence-electron chi connectivity index (χ4n) is 3.05. The van der Waals surface area contributed by atoms with Crippen LogP contribution in [0.15, 0.2) is 0 Å². The molecule has 2 atom stereocenters. The first kappa shape index (κ1) is 29.7. The van der Waals surface area contributed by atoms with E-state index in [1.54, 1.807) is 0 Å². The second-order valence-corrected chi connectivity index (χ2v) is 7.53. The van der Waals surface area contributed by atoms with Crippen LogP contribution in [0.3, 0.4) is 0 Å². The molecule has 0 spiro atoms. The minimum absolute atomic E-state index is 0.0476. The van der Waals surface area contributed by atoms with Gasteiger partial charge in [0.25, 0.3) is 0 Å². The van der Waals surface area contributed by atoms with Crippen molar-refractivity contribution in [2.75, 3.05) is 39.9 Å². The molecule has 3 N–H and O–H groups in total. The molecule has 31 heavy (non-hydrogen) atoms. The first-order chi connectivity index (χ1) is 15.0. The van der Waals surface area contributed by atoms with E-state index in [9.17, 15) is 9.59 Å². The summed E-state index contributed by atoms with van der Waals surface area (Å²) in [7, 11) is 0. The van der Waals surface area contributed by atoms with Crippen LogP contribution < -0.4 is 5.32 Å². The molecule has 0 aliphatic carbocycles. The van der Waals surface area contributed by atoms with Crippen molar-refractivity contribution in [1.29, 1.82) is 0 Å². The van der Waals surface area contributed by atoms with Crippen molar-refractivity contribution in [3.8, 4) is 0 Å². The third kappa shape index (κ3) is 21.7. The quantitative estimate of drug-likeness (QED) is 0.150. The summed E-state index contributed by atoms with van der Waals surface area (Å²) in [5.74, 6) is -1.55. The molecule has 0 heterocycles. The Hall–Kier alpha value is -1.26. The maximum absolute atomic E-state index is 10.6. The minimum Gasteiger partial charge on any atom is -0.481 e. The monoisotopic (exact) mass is 449 g/mol. The lowest BCUT2D eigenvalue weighted by molar-refractivity contribution is -0.138. The van der Waals surface area contributed by atoms with Crippen LogP contribution in [0.4, 0.5) is 0 Å². The number of ether oxygens (including phenoxy) is 4. The first-order valence-electron chi connectivity index (χ1n) is 11.5. The fraction of sp³-hybridized carbons (Fsp3) is 0.909. The van der Waals surface area contributed by atoms with Crippen molar-refractivity contribution < 1.29 is 38.7 Å². The van der Waals surface area contributed by atoms with Crippen molar-refractivity contribution in [2.45, 2.75) is 90.3 Å². The summed E-state index contributed by atoms with van der Waals surface area (Å²) in [6.45, 7) is 6.98.